The maximum atomic E-state index is 12.8. The Morgan fingerprint density at radius 1 is 0.875 bits per heavy atom. The van der Waals surface area contributed by atoms with Gasteiger partial charge in [0.25, 0.3) is 0 Å². The number of aryl methyl sites for hydroxylation is 2. The van der Waals surface area contributed by atoms with Crippen molar-refractivity contribution in [2.24, 2.45) is 11.8 Å². The highest BCUT2D eigenvalue weighted by molar-refractivity contribution is 7.99. The zero-order valence-corrected chi connectivity index (χ0v) is 20.0. The molecule has 2 aromatic carbocycles. The lowest BCUT2D eigenvalue weighted by Gasteiger charge is -2.34. The van der Waals surface area contributed by atoms with Gasteiger partial charge in [-0.15, -0.1) is 10.2 Å². The Labute approximate surface area is 194 Å². The predicted octanol–water partition coefficient (Wildman–Crippen LogP) is 5.42. The normalized spacial score (nSPS) is 18.6. The van der Waals surface area contributed by atoms with Crippen LogP contribution in [0.4, 0.5) is 0 Å². The predicted molar refractivity (Wildman–Crippen MR) is 130 cm³/mol. The quantitative estimate of drug-likeness (QED) is 0.490. The summed E-state index contributed by atoms with van der Waals surface area (Å²) >= 11 is 1.37. The number of amides is 1. The molecule has 5 nitrogen and oxygen atoms in total. The zero-order chi connectivity index (χ0) is 22.7. The van der Waals surface area contributed by atoms with Gasteiger partial charge in [-0.05, 0) is 32.1 Å². The van der Waals surface area contributed by atoms with Crippen LogP contribution in [0, 0.1) is 25.7 Å². The number of hydrogen-bond acceptors (Lipinski definition) is 5. The second kappa shape index (κ2) is 9.82. The molecule has 0 saturated carbocycles. The first-order valence-electron chi connectivity index (χ1n) is 11.2. The molecule has 4 rings (SSSR count). The van der Waals surface area contributed by atoms with Crippen LogP contribution in [0.2, 0.25) is 0 Å². The highest BCUT2D eigenvalue weighted by atomic mass is 32.2. The molecule has 1 aliphatic rings. The largest absolute Gasteiger partial charge is 0.341 e. The van der Waals surface area contributed by atoms with Gasteiger partial charge in [0.2, 0.25) is 11.1 Å². The molecule has 2 atom stereocenters. The Bertz CT molecular complexity index is 1070. The van der Waals surface area contributed by atoms with Crippen LogP contribution < -0.4 is 0 Å². The number of piperidine rings is 1. The Morgan fingerprint density at radius 2 is 1.41 bits per heavy atom. The molecule has 166 valence electrons. The molecule has 0 N–H and O–H groups in total. The first-order valence-corrected chi connectivity index (χ1v) is 12.2. The minimum atomic E-state index is 0.150. The third-order valence-corrected chi connectivity index (χ3v) is 6.69. The van der Waals surface area contributed by atoms with Crippen molar-refractivity contribution < 1.29 is 4.79 Å². The molecule has 2 unspecified atom stereocenters. The second-order valence-corrected chi connectivity index (χ2v) is 10.00. The minimum absolute atomic E-state index is 0.150. The average Bonchev–Trinajstić information content (AvgIpc) is 2.78. The third kappa shape index (κ3) is 5.36. The summed E-state index contributed by atoms with van der Waals surface area (Å²) in [5, 5.41) is 9.42. The number of hydrogen-bond donors (Lipinski definition) is 0. The van der Waals surface area contributed by atoms with Gasteiger partial charge in [0.15, 0.2) is 0 Å². The average molecular weight is 447 g/mol. The van der Waals surface area contributed by atoms with Crippen LogP contribution in [0.3, 0.4) is 0 Å². The van der Waals surface area contributed by atoms with Crippen molar-refractivity contribution in [2.75, 3.05) is 18.8 Å². The first kappa shape index (κ1) is 22.5. The topological polar surface area (TPSA) is 59.0 Å². The van der Waals surface area contributed by atoms with Crippen molar-refractivity contribution in [3.8, 4) is 22.5 Å². The van der Waals surface area contributed by atoms with Crippen LogP contribution in [0.5, 0.6) is 0 Å². The third-order valence-electron chi connectivity index (χ3n) is 5.86. The van der Waals surface area contributed by atoms with E-state index in [1.807, 2.05) is 17.0 Å². The Morgan fingerprint density at radius 3 is 1.97 bits per heavy atom. The van der Waals surface area contributed by atoms with E-state index >= 15 is 0 Å². The molecule has 0 aliphatic carbocycles. The van der Waals surface area contributed by atoms with Crippen molar-refractivity contribution >= 4 is 17.7 Å². The molecular weight excluding hydrogens is 416 g/mol. The van der Waals surface area contributed by atoms with Gasteiger partial charge in [0, 0.05) is 24.2 Å². The van der Waals surface area contributed by atoms with Crippen molar-refractivity contribution in [1.82, 2.24) is 20.1 Å². The van der Waals surface area contributed by atoms with Gasteiger partial charge in [-0.2, -0.15) is 0 Å². The van der Waals surface area contributed by atoms with Crippen LogP contribution >= 0.6 is 11.8 Å². The van der Waals surface area contributed by atoms with E-state index in [0.717, 1.165) is 35.6 Å². The van der Waals surface area contributed by atoms with Crippen LogP contribution in [0.25, 0.3) is 22.5 Å². The summed E-state index contributed by atoms with van der Waals surface area (Å²) in [5.74, 6) is 1.58. The first-order chi connectivity index (χ1) is 15.4. The summed E-state index contributed by atoms with van der Waals surface area (Å²) in [6.07, 6.45) is 1.18. The number of benzene rings is 2. The molecule has 6 heteroatoms. The van der Waals surface area contributed by atoms with Crippen LogP contribution in [-0.4, -0.2) is 44.8 Å². The van der Waals surface area contributed by atoms with E-state index < -0.39 is 0 Å². The number of carbonyl (C=O) groups excluding carboxylic acids is 1. The van der Waals surface area contributed by atoms with Gasteiger partial charge < -0.3 is 4.90 Å². The van der Waals surface area contributed by atoms with Gasteiger partial charge in [0.1, 0.15) is 11.4 Å². The summed E-state index contributed by atoms with van der Waals surface area (Å²) < 4.78 is 0. The molecule has 1 aliphatic heterocycles. The van der Waals surface area contributed by atoms with E-state index in [-0.39, 0.29) is 5.91 Å². The number of rotatable bonds is 5. The van der Waals surface area contributed by atoms with Crippen molar-refractivity contribution in [3.63, 3.8) is 0 Å². The van der Waals surface area contributed by atoms with Crippen LogP contribution in [0.1, 0.15) is 31.4 Å². The van der Waals surface area contributed by atoms with Gasteiger partial charge in [0.05, 0.1) is 5.75 Å². The maximum Gasteiger partial charge on any atom is 0.233 e. The number of thioether (sulfide) groups is 1. The van der Waals surface area contributed by atoms with Crippen LogP contribution in [-0.2, 0) is 4.79 Å². The van der Waals surface area contributed by atoms with E-state index in [1.165, 1.54) is 29.3 Å². The van der Waals surface area contributed by atoms with Gasteiger partial charge in [-0.1, -0.05) is 85.3 Å². The molecule has 32 heavy (non-hydrogen) atoms. The molecule has 3 aromatic rings. The summed E-state index contributed by atoms with van der Waals surface area (Å²) in [6.45, 7) is 10.2. The molecular formula is C26H30N4OS. The lowest BCUT2D eigenvalue weighted by molar-refractivity contribution is -0.130. The van der Waals surface area contributed by atoms with Crippen molar-refractivity contribution in [3.05, 3.63) is 59.7 Å². The fourth-order valence-corrected chi connectivity index (χ4v) is 4.96. The summed E-state index contributed by atoms with van der Waals surface area (Å²) in [7, 11) is 0. The highest BCUT2D eigenvalue weighted by Gasteiger charge is 2.25. The van der Waals surface area contributed by atoms with Crippen LogP contribution in [0.15, 0.2) is 53.7 Å². The monoisotopic (exact) mass is 446 g/mol. The fraction of sp³-hybridized carbons (Fsp3) is 0.385. The van der Waals surface area contributed by atoms with E-state index in [1.54, 1.807) is 0 Å². The number of nitrogens with zero attached hydrogens (tertiary/aromatic N) is 4. The summed E-state index contributed by atoms with van der Waals surface area (Å²) in [6, 6.07) is 16.5. The number of likely N-dealkylation sites (tertiary alicyclic amines) is 1. The molecule has 1 fully saturated rings. The Hall–Kier alpha value is -2.73. The van der Waals surface area contributed by atoms with E-state index in [0.29, 0.717) is 22.7 Å². The Kier molecular flexibility index (Phi) is 6.89. The highest BCUT2D eigenvalue weighted by Crippen LogP contribution is 2.30. The van der Waals surface area contributed by atoms with Gasteiger partial charge in [-0.25, -0.2) is 4.98 Å². The minimum Gasteiger partial charge on any atom is -0.341 e. The SMILES string of the molecule is Cc1ccc(-c2nnc(SCC(=O)N3CC(C)CC(C)C3)nc2-c2ccc(C)cc2)cc1. The molecule has 2 heterocycles. The van der Waals surface area contributed by atoms with Crippen molar-refractivity contribution in [2.45, 2.75) is 39.3 Å². The molecule has 0 spiro atoms. The molecule has 1 amide bonds. The van der Waals surface area contributed by atoms with Crippen molar-refractivity contribution in [1.29, 1.82) is 0 Å². The molecule has 0 bridgehead atoms. The van der Waals surface area contributed by atoms with Gasteiger partial charge in [-0.3, -0.25) is 4.79 Å². The maximum absolute atomic E-state index is 12.8. The standard InChI is InChI=1S/C26H30N4OS/c1-17-5-9-21(10-6-17)24-25(22-11-7-18(2)8-12-22)28-29-26(27-24)32-16-23(31)30-14-19(3)13-20(4)15-30/h5-12,19-20H,13-16H2,1-4H3. The number of aromatic nitrogens is 3. The molecule has 1 saturated heterocycles. The zero-order valence-electron chi connectivity index (χ0n) is 19.2. The lowest BCUT2D eigenvalue weighted by atomic mass is 9.92. The molecule has 1 aromatic heterocycles. The van der Waals surface area contributed by atoms with Gasteiger partial charge >= 0.3 is 0 Å². The fourth-order valence-electron chi connectivity index (χ4n) is 4.27. The molecule has 0 radical (unpaired) electrons. The Balaban J connectivity index is 1.58. The van der Waals surface area contributed by atoms with E-state index in [4.69, 9.17) is 4.98 Å². The van der Waals surface area contributed by atoms with E-state index in [9.17, 15) is 4.79 Å². The summed E-state index contributed by atoms with van der Waals surface area (Å²) in [5.41, 5.74) is 5.90. The number of carbonyl (C=O) groups is 1. The lowest BCUT2D eigenvalue weighted by Crippen LogP contribution is -2.43. The smallest absolute Gasteiger partial charge is 0.233 e. The van der Waals surface area contributed by atoms with E-state index in [2.05, 4.69) is 74.3 Å². The summed E-state index contributed by atoms with van der Waals surface area (Å²) in [4.78, 5) is 19.6. The second-order valence-electron chi connectivity index (χ2n) is 9.06.